The van der Waals surface area contributed by atoms with Gasteiger partial charge in [0.15, 0.2) is 0 Å². The van der Waals surface area contributed by atoms with Crippen LogP contribution in [-0.2, 0) is 13.3 Å². The molecular weight excluding hydrogens is 407 g/mol. The average molecular weight is 426 g/mol. The van der Waals surface area contributed by atoms with Crippen molar-refractivity contribution in [1.29, 1.82) is 0 Å². The number of quaternary nitrogens is 1. The van der Waals surface area contributed by atoms with Crippen LogP contribution in [0.15, 0.2) is 0 Å². The van der Waals surface area contributed by atoms with E-state index in [0.29, 0.717) is 36.4 Å². The first kappa shape index (κ1) is 19.7. The Morgan fingerprint density at radius 3 is 1.82 bits per heavy atom. The zero-order valence-corrected chi connectivity index (χ0v) is 15.8. The predicted molar refractivity (Wildman–Crippen MR) is 86.5 cm³/mol. The number of rotatable bonds is 5. The van der Waals surface area contributed by atoms with Crippen molar-refractivity contribution in [1.82, 2.24) is 5.32 Å². The third-order valence-electron chi connectivity index (χ3n) is 6.13. The van der Waals surface area contributed by atoms with Crippen LogP contribution in [0, 0.1) is 29.1 Å². The average Bonchev–Trinajstić information content (AvgIpc) is 3.22. The van der Waals surface area contributed by atoms with E-state index in [1.807, 2.05) is 0 Å². The van der Waals surface area contributed by atoms with Crippen LogP contribution in [0.2, 0.25) is 6.04 Å². The van der Waals surface area contributed by atoms with Gasteiger partial charge < -0.3 is 0 Å². The fraction of sp³-hybridized carbons (Fsp3) is 0.562. The summed E-state index contributed by atoms with van der Waals surface area (Å²) in [6, 6.07) is 0.400. The second-order valence-corrected chi connectivity index (χ2v) is 11.8. The molecule has 0 aromatic heterocycles. The van der Waals surface area contributed by atoms with Crippen LogP contribution in [-0.4, -0.2) is 64.3 Å². The van der Waals surface area contributed by atoms with Crippen LogP contribution in [0.3, 0.4) is 0 Å². The molecule has 0 saturated carbocycles. The molecule has 0 aliphatic carbocycles. The van der Waals surface area contributed by atoms with Crippen molar-refractivity contribution >= 4 is 14.2 Å². The molecule has 6 nitrogen and oxygen atoms in total. The Morgan fingerprint density at radius 2 is 1.32 bits per heavy atom. The van der Waals surface area contributed by atoms with Crippen molar-refractivity contribution in [3.05, 3.63) is 34.6 Å². The molecule has 156 valence electrons. The second-order valence-electron chi connectivity index (χ2n) is 7.28. The van der Waals surface area contributed by atoms with Gasteiger partial charge in [-0.3, -0.25) is 0 Å². The van der Waals surface area contributed by atoms with Crippen LogP contribution in [0.1, 0.15) is 16.8 Å². The first-order valence-electron chi connectivity index (χ1n) is 9.01. The van der Waals surface area contributed by atoms with Crippen LogP contribution < -0.4 is 5.32 Å². The summed E-state index contributed by atoms with van der Waals surface area (Å²) in [4.78, 5) is 12.0. The Hall–Kier alpha value is -1.60. The molecule has 1 aromatic carbocycles. The van der Waals surface area contributed by atoms with Gasteiger partial charge in [-0.25, -0.2) is 0 Å². The van der Waals surface area contributed by atoms with E-state index in [1.54, 1.807) is 0 Å². The van der Waals surface area contributed by atoms with E-state index in [2.05, 4.69) is 5.32 Å². The molecule has 3 heterocycles. The van der Waals surface area contributed by atoms with Gasteiger partial charge in [0.2, 0.25) is 0 Å². The quantitative estimate of drug-likeness (QED) is 0.257. The molecule has 3 saturated heterocycles. The summed E-state index contributed by atoms with van der Waals surface area (Å²) in [5.41, 5.74) is -1.50. The topological polar surface area (TPSA) is 56.8 Å². The van der Waals surface area contributed by atoms with Gasteiger partial charge in [-0.05, 0) is 0 Å². The van der Waals surface area contributed by atoms with Crippen molar-refractivity contribution in [2.45, 2.75) is 12.5 Å². The van der Waals surface area contributed by atoms with E-state index in [4.69, 9.17) is 13.3 Å². The molecule has 4 rings (SSSR count). The second kappa shape index (κ2) is 6.45. The summed E-state index contributed by atoms with van der Waals surface area (Å²) in [5.74, 6) is -12.3. The molecule has 0 unspecified atom stereocenters. The molecular formula is C16H19F5N2O4Si. The van der Waals surface area contributed by atoms with Crippen molar-refractivity contribution < 1.29 is 44.2 Å². The Morgan fingerprint density at radius 1 is 0.857 bits per heavy atom. The van der Waals surface area contributed by atoms with E-state index in [1.165, 1.54) is 0 Å². The van der Waals surface area contributed by atoms with Gasteiger partial charge >= 0.3 is 157 Å². The number of benzene rings is 1. The SMILES string of the molecule is O=C(NCCC[Si-]123OCC[N+]1(CCO2)CCO3)c1c(F)c(F)c(F)c(F)c1F. The molecule has 28 heavy (non-hydrogen) atoms. The van der Waals surface area contributed by atoms with Gasteiger partial charge in [-0.15, -0.1) is 0 Å². The summed E-state index contributed by atoms with van der Waals surface area (Å²) >= 11 is 0. The van der Waals surface area contributed by atoms with Crippen LogP contribution in [0.4, 0.5) is 22.0 Å². The molecule has 12 heteroatoms. The molecule has 0 radical (unpaired) electrons. The van der Waals surface area contributed by atoms with E-state index in [0.717, 1.165) is 19.6 Å². The van der Waals surface area contributed by atoms with E-state index < -0.39 is 48.8 Å². The van der Waals surface area contributed by atoms with Crippen molar-refractivity contribution in [2.75, 3.05) is 46.0 Å². The number of hydrogen-bond acceptors (Lipinski definition) is 4. The number of hydrogen-bond donors (Lipinski definition) is 1. The van der Waals surface area contributed by atoms with E-state index in [-0.39, 0.29) is 6.54 Å². The molecule has 1 N–H and O–H groups in total. The number of carbonyl (C=O) groups excluding carboxylic acids is 1. The van der Waals surface area contributed by atoms with Gasteiger partial charge in [-0.2, -0.15) is 0 Å². The maximum absolute atomic E-state index is 13.7. The third-order valence-corrected chi connectivity index (χ3v) is 12.1. The molecule has 3 aliphatic rings. The van der Waals surface area contributed by atoms with Gasteiger partial charge in [0.05, 0.1) is 0 Å². The maximum atomic E-state index is 13.7. The first-order chi connectivity index (χ1) is 13.3. The van der Waals surface area contributed by atoms with Crippen LogP contribution >= 0.6 is 0 Å². The molecule has 1 aromatic rings. The minimum atomic E-state index is -3.65. The van der Waals surface area contributed by atoms with Crippen LogP contribution in [0.25, 0.3) is 0 Å². The van der Waals surface area contributed by atoms with Gasteiger partial charge in [-0.1, -0.05) is 0 Å². The van der Waals surface area contributed by atoms with Gasteiger partial charge in [0, 0.05) is 0 Å². The van der Waals surface area contributed by atoms with Crippen molar-refractivity contribution in [2.24, 2.45) is 0 Å². The first-order valence-corrected chi connectivity index (χ1v) is 11.4. The Bertz CT molecular complexity index is 794. The van der Waals surface area contributed by atoms with Crippen LogP contribution in [0.5, 0.6) is 0 Å². The number of halogens is 5. The summed E-state index contributed by atoms with van der Waals surface area (Å²) in [6.07, 6.45) is 0.314. The molecule has 3 fully saturated rings. The molecule has 1 amide bonds. The summed E-state index contributed by atoms with van der Waals surface area (Å²) in [7, 11) is -3.65. The monoisotopic (exact) mass is 426 g/mol. The Balaban J connectivity index is 1.44. The standard InChI is InChI=1S/C16H19F5N2O4Si/c17-11-10(12(18)14(20)15(21)13(11)19)16(24)22-2-1-9-28-23(3-6-25-28,4-7-26-28)5-8-27-28/h1-9H2,(H,22,24). The molecule has 0 bridgehead atoms. The van der Waals surface area contributed by atoms with Crippen molar-refractivity contribution in [3.8, 4) is 0 Å². The minimum absolute atomic E-state index is 0.0576. The summed E-state index contributed by atoms with van der Waals surface area (Å²) in [5, 5.41) is 2.21. The fourth-order valence-electron chi connectivity index (χ4n) is 4.72. The zero-order chi connectivity index (χ0) is 20.2. The normalized spacial score (nSPS) is 28.4. The number of amides is 1. The Labute approximate surface area is 157 Å². The predicted octanol–water partition coefficient (Wildman–Crippen LogP) is 1.80. The Kier molecular flexibility index (Phi) is 4.54. The number of carbonyl (C=O) groups is 1. The van der Waals surface area contributed by atoms with Gasteiger partial charge in [0.1, 0.15) is 0 Å². The summed E-state index contributed by atoms with van der Waals surface area (Å²) < 4.78 is 85.9. The molecule has 0 atom stereocenters. The number of nitrogens with zero attached hydrogens (tertiary/aromatic N) is 1. The molecule has 3 aliphatic heterocycles. The summed E-state index contributed by atoms with van der Waals surface area (Å²) in [6.45, 7) is 3.89. The van der Waals surface area contributed by atoms with E-state index >= 15 is 0 Å². The van der Waals surface area contributed by atoms with Crippen molar-refractivity contribution in [3.63, 3.8) is 0 Å². The van der Waals surface area contributed by atoms with E-state index in [9.17, 15) is 26.7 Å². The third kappa shape index (κ3) is 2.41. The molecule has 0 spiro atoms. The zero-order valence-electron chi connectivity index (χ0n) is 14.8. The van der Waals surface area contributed by atoms with Gasteiger partial charge in [0.25, 0.3) is 0 Å². The number of nitrogens with one attached hydrogen (secondary N) is 1. The fourth-order valence-corrected chi connectivity index (χ4v) is 10.5.